The number of carbonyl (C=O) groups excluding carboxylic acids is 1. The Kier molecular flexibility index (Phi) is 3.21. The molecule has 0 saturated carbocycles. The molecule has 1 aliphatic heterocycles. The lowest BCUT2D eigenvalue weighted by Crippen LogP contribution is -2.36. The zero-order chi connectivity index (χ0) is 15.0. The fourth-order valence-corrected chi connectivity index (χ4v) is 2.67. The number of carboxylic acid groups (broad SMARTS) is 1. The average molecular weight is 286 g/mol. The Bertz CT molecular complexity index is 720. The van der Waals surface area contributed by atoms with Gasteiger partial charge in [-0.3, -0.25) is 4.79 Å². The van der Waals surface area contributed by atoms with Crippen molar-refractivity contribution in [1.82, 2.24) is 4.98 Å². The molecule has 2 heterocycles. The highest BCUT2D eigenvalue weighted by molar-refractivity contribution is 6.06. The van der Waals surface area contributed by atoms with E-state index in [-0.39, 0.29) is 17.2 Å². The molecule has 108 valence electrons. The summed E-state index contributed by atoms with van der Waals surface area (Å²) >= 11 is 0. The molecule has 1 aromatic heterocycles. The van der Waals surface area contributed by atoms with Crippen LogP contribution in [0.25, 0.3) is 0 Å². The number of rotatable bonds is 2. The van der Waals surface area contributed by atoms with Gasteiger partial charge in [-0.15, -0.1) is 0 Å². The van der Waals surface area contributed by atoms with E-state index in [1.54, 1.807) is 30.0 Å². The number of benzene rings is 1. The van der Waals surface area contributed by atoms with Gasteiger partial charge in [0, 0.05) is 12.2 Å². The fraction of sp³-hybridized carbons (Fsp3) is 0.267. The SMILES string of the molecule is Cc1ncoc1C(=O)N1CCCc2c(C(=O)O)cccc21. The number of aromatic nitrogens is 1. The lowest BCUT2D eigenvalue weighted by Gasteiger charge is -2.29. The van der Waals surface area contributed by atoms with Gasteiger partial charge < -0.3 is 14.4 Å². The van der Waals surface area contributed by atoms with Gasteiger partial charge in [-0.05, 0) is 37.5 Å². The maximum Gasteiger partial charge on any atom is 0.336 e. The Morgan fingerprint density at radius 3 is 2.86 bits per heavy atom. The van der Waals surface area contributed by atoms with Crippen LogP contribution in [0.3, 0.4) is 0 Å². The highest BCUT2D eigenvalue weighted by Gasteiger charge is 2.29. The molecule has 21 heavy (non-hydrogen) atoms. The second-order valence-corrected chi connectivity index (χ2v) is 4.94. The van der Waals surface area contributed by atoms with Crippen molar-refractivity contribution in [3.8, 4) is 0 Å². The van der Waals surface area contributed by atoms with Crippen LogP contribution in [-0.2, 0) is 6.42 Å². The van der Waals surface area contributed by atoms with E-state index in [1.165, 1.54) is 6.39 Å². The zero-order valence-corrected chi connectivity index (χ0v) is 11.5. The zero-order valence-electron chi connectivity index (χ0n) is 11.5. The van der Waals surface area contributed by atoms with Gasteiger partial charge in [0.15, 0.2) is 6.39 Å². The van der Waals surface area contributed by atoms with Crippen molar-refractivity contribution in [2.75, 3.05) is 11.4 Å². The van der Waals surface area contributed by atoms with E-state index in [1.807, 2.05) is 0 Å². The number of aryl methyl sites for hydroxylation is 1. The third-order valence-electron chi connectivity index (χ3n) is 3.67. The van der Waals surface area contributed by atoms with Crippen LogP contribution >= 0.6 is 0 Å². The van der Waals surface area contributed by atoms with E-state index in [4.69, 9.17) is 4.42 Å². The molecule has 6 nitrogen and oxygen atoms in total. The minimum absolute atomic E-state index is 0.198. The summed E-state index contributed by atoms with van der Waals surface area (Å²) in [6, 6.07) is 4.99. The van der Waals surface area contributed by atoms with E-state index in [0.717, 1.165) is 6.42 Å². The van der Waals surface area contributed by atoms with Crippen LogP contribution in [0.1, 0.15) is 38.6 Å². The standard InChI is InChI=1S/C15H14N2O4/c1-9-13(21-8-16-9)14(18)17-7-3-5-10-11(15(19)20)4-2-6-12(10)17/h2,4,6,8H,3,5,7H2,1H3,(H,19,20). The van der Waals surface area contributed by atoms with E-state index >= 15 is 0 Å². The minimum Gasteiger partial charge on any atom is -0.478 e. The second-order valence-electron chi connectivity index (χ2n) is 4.94. The van der Waals surface area contributed by atoms with Crippen molar-refractivity contribution in [1.29, 1.82) is 0 Å². The first-order valence-electron chi connectivity index (χ1n) is 6.66. The molecular weight excluding hydrogens is 272 g/mol. The van der Waals surface area contributed by atoms with Crippen molar-refractivity contribution in [3.63, 3.8) is 0 Å². The summed E-state index contributed by atoms with van der Waals surface area (Å²) in [5.41, 5.74) is 2.12. The Hall–Kier alpha value is -2.63. The average Bonchev–Trinajstić information content (AvgIpc) is 2.91. The van der Waals surface area contributed by atoms with Gasteiger partial charge in [-0.2, -0.15) is 0 Å². The Morgan fingerprint density at radius 2 is 2.19 bits per heavy atom. The van der Waals surface area contributed by atoms with Crippen LogP contribution in [-0.4, -0.2) is 28.5 Å². The van der Waals surface area contributed by atoms with Crippen molar-refractivity contribution in [2.45, 2.75) is 19.8 Å². The highest BCUT2D eigenvalue weighted by atomic mass is 16.4. The number of carboxylic acids is 1. The fourth-order valence-electron chi connectivity index (χ4n) is 2.67. The summed E-state index contributed by atoms with van der Waals surface area (Å²) in [7, 11) is 0. The number of anilines is 1. The smallest absolute Gasteiger partial charge is 0.336 e. The number of aromatic carboxylic acids is 1. The lowest BCUT2D eigenvalue weighted by atomic mass is 9.96. The molecule has 0 bridgehead atoms. The topological polar surface area (TPSA) is 83.6 Å². The van der Waals surface area contributed by atoms with Crippen molar-refractivity contribution in [3.05, 3.63) is 47.2 Å². The molecule has 3 rings (SSSR count). The molecule has 0 aliphatic carbocycles. The molecule has 6 heteroatoms. The first-order valence-corrected chi connectivity index (χ1v) is 6.66. The Labute approximate surface area is 121 Å². The maximum atomic E-state index is 12.6. The molecular formula is C15H14N2O4. The van der Waals surface area contributed by atoms with Gasteiger partial charge in [0.25, 0.3) is 5.91 Å². The predicted octanol–water partition coefficient (Wildman–Crippen LogP) is 2.27. The molecule has 0 radical (unpaired) electrons. The van der Waals surface area contributed by atoms with Gasteiger partial charge in [-0.1, -0.05) is 6.07 Å². The minimum atomic E-state index is -0.975. The van der Waals surface area contributed by atoms with Gasteiger partial charge in [0.05, 0.1) is 11.3 Å². The quantitative estimate of drug-likeness (QED) is 0.915. The van der Waals surface area contributed by atoms with Crippen LogP contribution in [0.5, 0.6) is 0 Å². The number of nitrogens with zero attached hydrogens (tertiary/aromatic N) is 2. The van der Waals surface area contributed by atoms with Crippen LogP contribution in [0.2, 0.25) is 0 Å². The normalized spacial score (nSPS) is 13.9. The highest BCUT2D eigenvalue weighted by Crippen LogP contribution is 2.31. The molecule has 1 N–H and O–H groups in total. The summed E-state index contributed by atoms with van der Waals surface area (Å²) in [6.45, 7) is 2.24. The Morgan fingerprint density at radius 1 is 1.38 bits per heavy atom. The van der Waals surface area contributed by atoms with Crippen molar-refractivity contribution < 1.29 is 19.1 Å². The van der Waals surface area contributed by atoms with Crippen LogP contribution < -0.4 is 4.90 Å². The van der Waals surface area contributed by atoms with Crippen LogP contribution in [0.4, 0.5) is 5.69 Å². The number of hydrogen-bond donors (Lipinski definition) is 1. The third kappa shape index (κ3) is 2.18. The first kappa shape index (κ1) is 13.4. The molecule has 1 aromatic carbocycles. The second kappa shape index (κ2) is 5.05. The molecule has 1 aliphatic rings. The molecule has 0 unspecified atom stereocenters. The number of hydrogen-bond acceptors (Lipinski definition) is 4. The number of carbonyl (C=O) groups is 2. The first-order chi connectivity index (χ1) is 10.1. The van der Waals surface area contributed by atoms with E-state index < -0.39 is 5.97 Å². The third-order valence-corrected chi connectivity index (χ3v) is 3.67. The van der Waals surface area contributed by atoms with Gasteiger partial charge in [0.1, 0.15) is 0 Å². The maximum absolute atomic E-state index is 12.6. The van der Waals surface area contributed by atoms with Crippen LogP contribution in [0.15, 0.2) is 29.0 Å². The van der Waals surface area contributed by atoms with E-state index in [2.05, 4.69) is 4.98 Å². The number of amides is 1. The largest absolute Gasteiger partial charge is 0.478 e. The molecule has 0 atom stereocenters. The van der Waals surface area contributed by atoms with Crippen molar-refractivity contribution in [2.24, 2.45) is 0 Å². The summed E-state index contributed by atoms with van der Waals surface area (Å²) in [4.78, 5) is 29.4. The predicted molar refractivity (Wildman–Crippen MR) is 74.6 cm³/mol. The monoisotopic (exact) mass is 286 g/mol. The van der Waals surface area contributed by atoms with Gasteiger partial charge in [-0.25, -0.2) is 9.78 Å². The van der Waals surface area contributed by atoms with Crippen molar-refractivity contribution >= 4 is 17.6 Å². The summed E-state index contributed by atoms with van der Waals surface area (Å²) < 4.78 is 5.15. The molecule has 0 saturated heterocycles. The number of oxazole rings is 1. The van der Waals surface area contributed by atoms with Gasteiger partial charge >= 0.3 is 5.97 Å². The summed E-state index contributed by atoms with van der Waals surface area (Å²) in [5, 5.41) is 9.26. The lowest BCUT2D eigenvalue weighted by molar-refractivity contribution is 0.0695. The summed E-state index contributed by atoms with van der Waals surface area (Å²) in [5.74, 6) is -1.06. The number of fused-ring (bicyclic) bond motifs is 1. The molecule has 0 fully saturated rings. The van der Waals surface area contributed by atoms with E-state index in [9.17, 15) is 14.7 Å². The summed E-state index contributed by atoms with van der Waals surface area (Å²) in [6.07, 6.45) is 2.61. The van der Waals surface area contributed by atoms with Crippen LogP contribution in [0, 0.1) is 6.92 Å². The molecule has 0 spiro atoms. The Balaban J connectivity index is 2.05. The molecule has 2 aromatic rings. The molecule has 1 amide bonds. The van der Waals surface area contributed by atoms with Gasteiger partial charge in [0.2, 0.25) is 5.76 Å². The van der Waals surface area contributed by atoms with E-state index in [0.29, 0.717) is 29.9 Å².